The van der Waals surface area contributed by atoms with Gasteiger partial charge in [-0.15, -0.1) is 0 Å². The zero-order chi connectivity index (χ0) is 18.2. The molecular weight excluding hydrogens is 347 g/mol. The molecule has 6 heteroatoms. The predicted molar refractivity (Wildman–Crippen MR) is 95.1 cm³/mol. The molecule has 2 aliphatic rings. The molecule has 0 saturated heterocycles. The number of hydrogen-bond acceptors (Lipinski definition) is 2. The van der Waals surface area contributed by atoms with Crippen LogP contribution >= 0.6 is 12.6 Å². The molecule has 0 aromatic heterocycles. The summed E-state index contributed by atoms with van der Waals surface area (Å²) >= 11 is 3.98. The van der Waals surface area contributed by atoms with Crippen molar-refractivity contribution >= 4 is 18.5 Å². The summed E-state index contributed by atoms with van der Waals surface area (Å²) in [5, 5.41) is -1.20. The lowest BCUT2D eigenvalue weighted by atomic mass is 9.92. The number of benzene rings is 1. The first-order chi connectivity index (χ1) is 11.8. The second kappa shape index (κ2) is 7.22. The number of nitrogens with zero attached hydrogens (tertiary/aromatic N) is 1. The monoisotopic (exact) mass is 371 g/mol. The van der Waals surface area contributed by atoms with Crippen LogP contribution in [0.2, 0.25) is 0 Å². The van der Waals surface area contributed by atoms with Gasteiger partial charge in [0.25, 0.3) is 11.8 Å². The largest absolute Gasteiger partial charge is 0.333 e. The molecule has 1 unspecified atom stereocenters. The summed E-state index contributed by atoms with van der Waals surface area (Å²) in [6, 6.07) is 6.62. The second-order valence-electron chi connectivity index (χ2n) is 7.33. The summed E-state index contributed by atoms with van der Waals surface area (Å²) in [6.45, 7) is 0.833. The number of alkyl halides is 3. The third-order valence-electron chi connectivity index (χ3n) is 5.15. The maximum atomic E-state index is 13.4. The molecule has 25 heavy (non-hydrogen) atoms. The highest BCUT2D eigenvalue weighted by Crippen LogP contribution is 2.37. The molecule has 0 spiro atoms. The first-order valence-electron chi connectivity index (χ1n) is 8.90. The third kappa shape index (κ3) is 4.33. The summed E-state index contributed by atoms with van der Waals surface area (Å²) in [6.07, 6.45) is 3.62. The van der Waals surface area contributed by atoms with Crippen molar-refractivity contribution in [3.63, 3.8) is 0 Å². The van der Waals surface area contributed by atoms with Gasteiger partial charge in [0.15, 0.2) is 0 Å². The Labute approximate surface area is 152 Å². The van der Waals surface area contributed by atoms with E-state index in [-0.39, 0.29) is 18.0 Å². The van der Waals surface area contributed by atoms with E-state index >= 15 is 0 Å². The molecule has 2 nitrogen and oxygen atoms in total. The van der Waals surface area contributed by atoms with Crippen LogP contribution in [0.15, 0.2) is 24.3 Å². The molecule has 1 aromatic carbocycles. The smallest absolute Gasteiger partial charge is 0.260 e. The van der Waals surface area contributed by atoms with E-state index in [0.717, 1.165) is 19.8 Å². The van der Waals surface area contributed by atoms with Crippen molar-refractivity contribution in [2.75, 3.05) is 0 Å². The van der Waals surface area contributed by atoms with E-state index in [1.165, 1.54) is 0 Å². The topological polar surface area (TPSA) is 20.3 Å². The van der Waals surface area contributed by atoms with Gasteiger partial charge < -0.3 is 4.90 Å². The number of rotatable bonds is 5. The Kier molecular flexibility index (Phi) is 5.37. The highest BCUT2D eigenvalue weighted by Gasteiger charge is 2.39. The van der Waals surface area contributed by atoms with Crippen molar-refractivity contribution in [1.82, 2.24) is 4.90 Å². The molecule has 0 bridgehead atoms. The van der Waals surface area contributed by atoms with E-state index in [1.807, 2.05) is 4.90 Å². The van der Waals surface area contributed by atoms with Gasteiger partial charge in [-0.1, -0.05) is 12.1 Å². The van der Waals surface area contributed by atoms with E-state index < -0.39 is 17.3 Å². The van der Waals surface area contributed by atoms with Gasteiger partial charge in [0.1, 0.15) is 6.17 Å². The Hall–Kier alpha value is -1.17. The summed E-state index contributed by atoms with van der Waals surface area (Å²) in [7, 11) is 0. The van der Waals surface area contributed by atoms with Crippen LogP contribution in [0.1, 0.15) is 66.6 Å². The van der Waals surface area contributed by atoms with E-state index in [9.17, 15) is 18.0 Å². The number of halogens is 3. The quantitative estimate of drug-likeness (QED) is 0.706. The summed E-state index contributed by atoms with van der Waals surface area (Å²) in [5.41, 5.74) is 0.890. The van der Waals surface area contributed by atoms with Crippen molar-refractivity contribution in [1.29, 1.82) is 0 Å². The number of amides is 1. The highest BCUT2D eigenvalue weighted by atomic mass is 32.1. The van der Waals surface area contributed by atoms with Crippen LogP contribution < -0.4 is 0 Å². The van der Waals surface area contributed by atoms with Crippen molar-refractivity contribution in [3.05, 3.63) is 35.4 Å². The molecule has 3 rings (SSSR count). The molecule has 0 N–H and O–H groups in total. The van der Waals surface area contributed by atoms with E-state index in [0.29, 0.717) is 36.8 Å². The molecule has 0 aliphatic heterocycles. The molecule has 1 amide bonds. The molecule has 138 valence electrons. The van der Waals surface area contributed by atoms with Gasteiger partial charge in [-0.3, -0.25) is 4.79 Å². The normalized spacial score (nSPS) is 25.5. The van der Waals surface area contributed by atoms with Gasteiger partial charge in [0, 0.05) is 24.6 Å². The standard InChI is InChI=1S/C19H24F3NOS/c1-19(21,22)17(25)12-2-4-13(5-3-12)18(24)23(16-10-11-16)15-8-6-14(20)7-9-15/h2-5,14-17,25H,6-11H2,1H3. The fourth-order valence-electron chi connectivity index (χ4n) is 3.55. The van der Waals surface area contributed by atoms with E-state index in [4.69, 9.17) is 0 Å². The minimum atomic E-state index is -2.93. The Morgan fingerprint density at radius 2 is 1.56 bits per heavy atom. The number of carbonyl (C=O) groups excluding carboxylic acids is 1. The lowest BCUT2D eigenvalue weighted by Crippen LogP contribution is -2.44. The fourth-order valence-corrected chi connectivity index (χ4v) is 3.72. The Morgan fingerprint density at radius 3 is 2.00 bits per heavy atom. The van der Waals surface area contributed by atoms with Crippen LogP contribution in [0.5, 0.6) is 0 Å². The van der Waals surface area contributed by atoms with Crippen molar-refractivity contribution < 1.29 is 18.0 Å². The average Bonchev–Trinajstić information content (AvgIpc) is 3.40. The Morgan fingerprint density at radius 1 is 1.08 bits per heavy atom. The van der Waals surface area contributed by atoms with Crippen LogP contribution in [0, 0.1) is 0 Å². The molecule has 1 aromatic rings. The van der Waals surface area contributed by atoms with Gasteiger partial charge in [-0.25, -0.2) is 13.2 Å². The van der Waals surface area contributed by atoms with Crippen LogP contribution in [0.25, 0.3) is 0 Å². The van der Waals surface area contributed by atoms with Crippen LogP contribution in [-0.2, 0) is 0 Å². The Balaban J connectivity index is 1.74. The molecule has 0 radical (unpaired) electrons. The molecule has 2 aliphatic carbocycles. The van der Waals surface area contributed by atoms with Crippen molar-refractivity contribution in [2.45, 2.75) is 74.9 Å². The summed E-state index contributed by atoms with van der Waals surface area (Å²) in [5.74, 6) is -3.00. The molecule has 0 heterocycles. The van der Waals surface area contributed by atoms with Gasteiger partial charge in [0.2, 0.25) is 0 Å². The molecule has 1 atom stereocenters. The van der Waals surface area contributed by atoms with E-state index in [1.54, 1.807) is 24.3 Å². The lowest BCUT2D eigenvalue weighted by molar-refractivity contribution is 0.0198. The first-order valence-corrected chi connectivity index (χ1v) is 9.41. The van der Waals surface area contributed by atoms with Crippen LogP contribution in [0.4, 0.5) is 13.2 Å². The minimum Gasteiger partial charge on any atom is -0.333 e. The number of thiol groups is 1. The zero-order valence-electron chi connectivity index (χ0n) is 14.3. The zero-order valence-corrected chi connectivity index (χ0v) is 15.2. The van der Waals surface area contributed by atoms with E-state index in [2.05, 4.69) is 12.6 Å². The minimum absolute atomic E-state index is 0.0738. The summed E-state index contributed by atoms with van der Waals surface area (Å²) in [4.78, 5) is 14.9. The second-order valence-corrected chi connectivity index (χ2v) is 7.85. The molecule has 2 saturated carbocycles. The Bertz CT molecular complexity index is 604. The van der Waals surface area contributed by atoms with Crippen molar-refractivity contribution in [2.24, 2.45) is 0 Å². The fraction of sp³-hybridized carbons (Fsp3) is 0.632. The third-order valence-corrected chi connectivity index (χ3v) is 5.90. The van der Waals surface area contributed by atoms with Gasteiger partial charge in [-0.05, 0) is 56.2 Å². The first kappa shape index (κ1) is 18.6. The average molecular weight is 371 g/mol. The number of hydrogen-bond donors (Lipinski definition) is 1. The van der Waals surface area contributed by atoms with Crippen LogP contribution in [0.3, 0.4) is 0 Å². The lowest BCUT2D eigenvalue weighted by Gasteiger charge is -2.35. The number of carbonyl (C=O) groups is 1. The molecule has 2 fully saturated rings. The highest BCUT2D eigenvalue weighted by molar-refractivity contribution is 7.80. The molecular formula is C19H24F3NOS. The maximum absolute atomic E-state index is 13.4. The maximum Gasteiger partial charge on any atom is 0.260 e. The van der Waals surface area contributed by atoms with Gasteiger partial charge in [0.05, 0.1) is 5.25 Å². The van der Waals surface area contributed by atoms with Gasteiger partial charge >= 0.3 is 0 Å². The van der Waals surface area contributed by atoms with Crippen LogP contribution in [-0.4, -0.2) is 35.0 Å². The SMILES string of the molecule is CC(F)(F)C(S)c1ccc(C(=O)N(C2CCC(F)CC2)C2CC2)cc1. The van der Waals surface area contributed by atoms with Crippen molar-refractivity contribution in [3.8, 4) is 0 Å². The predicted octanol–water partition coefficient (Wildman–Crippen LogP) is 5.20. The van der Waals surface area contributed by atoms with Gasteiger partial charge in [-0.2, -0.15) is 12.6 Å². The summed E-state index contributed by atoms with van der Waals surface area (Å²) < 4.78 is 40.2.